The number of nitrogens with one attached hydrogen (secondary N) is 1. The van der Waals surface area contributed by atoms with E-state index in [-0.39, 0.29) is 11.8 Å². The molecule has 2 aromatic rings. The van der Waals surface area contributed by atoms with Crippen LogP contribution < -0.4 is 5.32 Å². The molecule has 0 radical (unpaired) electrons. The van der Waals surface area contributed by atoms with Gasteiger partial charge in [-0.2, -0.15) is 0 Å². The SMILES string of the molecule is CCCCN(C)C(=O)c1ccc(C(=O)Nc2ccc(C)cc2)cc1. The lowest BCUT2D eigenvalue weighted by molar-refractivity contribution is 0.0792. The van der Waals surface area contributed by atoms with Gasteiger partial charge in [0.1, 0.15) is 0 Å². The molecule has 126 valence electrons. The number of amides is 2. The van der Waals surface area contributed by atoms with Crippen LogP contribution in [0.5, 0.6) is 0 Å². The first-order chi connectivity index (χ1) is 11.5. The van der Waals surface area contributed by atoms with E-state index in [2.05, 4.69) is 12.2 Å². The molecule has 0 aliphatic heterocycles. The van der Waals surface area contributed by atoms with Gasteiger partial charge in [-0.3, -0.25) is 9.59 Å². The molecule has 2 rings (SSSR count). The van der Waals surface area contributed by atoms with E-state index in [9.17, 15) is 9.59 Å². The Morgan fingerprint density at radius 2 is 1.54 bits per heavy atom. The average Bonchev–Trinajstić information content (AvgIpc) is 2.61. The molecule has 4 heteroatoms. The third-order valence-electron chi connectivity index (χ3n) is 3.90. The molecule has 4 nitrogen and oxygen atoms in total. The molecule has 0 saturated carbocycles. The molecule has 0 aliphatic rings. The summed E-state index contributed by atoms with van der Waals surface area (Å²) in [6, 6.07) is 14.4. The Hall–Kier alpha value is -2.62. The summed E-state index contributed by atoms with van der Waals surface area (Å²) in [7, 11) is 1.80. The minimum atomic E-state index is -0.183. The quantitative estimate of drug-likeness (QED) is 0.869. The summed E-state index contributed by atoms with van der Waals surface area (Å²) in [4.78, 5) is 26.2. The zero-order valence-electron chi connectivity index (χ0n) is 14.5. The summed E-state index contributed by atoms with van der Waals surface area (Å²) in [6.45, 7) is 4.84. The van der Waals surface area contributed by atoms with Crippen LogP contribution in [-0.2, 0) is 0 Å². The standard InChI is InChI=1S/C20H24N2O2/c1-4-5-14-22(3)20(24)17-10-8-16(9-11-17)19(23)21-18-12-6-15(2)7-13-18/h6-13H,4-5,14H2,1-3H3,(H,21,23). The number of nitrogens with zero attached hydrogens (tertiary/aromatic N) is 1. The fourth-order valence-electron chi connectivity index (χ4n) is 2.32. The van der Waals surface area contributed by atoms with Crippen molar-refractivity contribution in [1.29, 1.82) is 0 Å². The average molecular weight is 324 g/mol. The van der Waals surface area contributed by atoms with Gasteiger partial charge in [-0.05, 0) is 49.7 Å². The number of rotatable bonds is 6. The van der Waals surface area contributed by atoms with Crippen LogP contribution in [0.4, 0.5) is 5.69 Å². The number of anilines is 1. The van der Waals surface area contributed by atoms with Gasteiger partial charge < -0.3 is 10.2 Å². The van der Waals surface area contributed by atoms with Crippen molar-refractivity contribution in [1.82, 2.24) is 4.90 Å². The highest BCUT2D eigenvalue weighted by atomic mass is 16.2. The predicted octanol–water partition coefficient (Wildman–Crippen LogP) is 4.12. The topological polar surface area (TPSA) is 49.4 Å². The first kappa shape index (κ1) is 17.7. The highest BCUT2D eigenvalue weighted by molar-refractivity contribution is 6.05. The van der Waals surface area contributed by atoms with Crippen molar-refractivity contribution < 1.29 is 9.59 Å². The molecule has 2 aromatic carbocycles. The van der Waals surface area contributed by atoms with Gasteiger partial charge in [0, 0.05) is 30.4 Å². The second-order valence-corrected chi connectivity index (χ2v) is 5.98. The molecule has 0 fully saturated rings. The van der Waals surface area contributed by atoms with Crippen LogP contribution in [0.2, 0.25) is 0 Å². The van der Waals surface area contributed by atoms with Crippen molar-refractivity contribution in [3.8, 4) is 0 Å². The van der Waals surface area contributed by atoms with Crippen molar-refractivity contribution >= 4 is 17.5 Å². The lowest BCUT2D eigenvalue weighted by Crippen LogP contribution is -2.27. The lowest BCUT2D eigenvalue weighted by atomic mass is 10.1. The Balaban J connectivity index is 2.01. The van der Waals surface area contributed by atoms with E-state index in [1.54, 1.807) is 36.2 Å². The molecule has 0 bridgehead atoms. The number of unbranched alkanes of at least 4 members (excludes halogenated alkanes) is 1. The van der Waals surface area contributed by atoms with Gasteiger partial charge in [-0.15, -0.1) is 0 Å². The maximum atomic E-state index is 12.3. The summed E-state index contributed by atoms with van der Waals surface area (Å²) < 4.78 is 0. The van der Waals surface area contributed by atoms with E-state index >= 15 is 0 Å². The number of aryl methyl sites for hydroxylation is 1. The molecular formula is C20H24N2O2. The molecule has 0 heterocycles. The van der Waals surface area contributed by atoms with Crippen molar-refractivity contribution in [3.05, 3.63) is 65.2 Å². The highest BCUT2D eigenvalue weighted by Gasteiger charge is 2.12. The highest BCUT2D eigenvalue weighted by Crippen LogP contribution is 2.12. The number of benzene rings is 2. The molecule has 0 atom stereocenters. The minimum Gasteiger partial charge on any atom is -0.342 e. The summed E-state index contributed by atoms with van der Waals surface area (Å²) in [5.41, 5.74) is 3.02. The Bertz CT molecular complexity index is 691. The molecule has 0 aliphatic carbocycles. The van der Waals surface area contributed by atoms with E-state index < -0.39 is 0 Å². The van der Waals surface area contributed by atoms with Gasteiger partial charge in [0.05, 0.1) is 0 Å². The second-order valence-electron chi connectivity index (χ2n) is 5.98. The summed E-state index contributed by atoms with van der Waals surface area (Å²) in [5, 5.41) is 2.85. The summed E-state index contributed by atoms with van der Waals surface area (Å²) in [5.74, 6) is -0.203. The third kappa shape index (κ3) is 4.69. The molecule has 1 N–H and O–H groups in total. The van der Waals surface area contributed by atoms with E-state index in [0.717, 1.165) is 30.6 Å². The van der Waals surface area contributed by atoms with Gasteiger partial charge in [-0.1, -0.05) is 31.0 Å². The largest absolute Gasteiger partial charge is 0.342 e. The van der Waals surface area contributed by atoms with Crippen molar-refractivity contribution in [2.45, 2.75) is 26.7 Å². The number of hydrogen-bond acceptors (Lipinski definition) is 2. The van der Waals surface area contributed by atoms with Crippen LogP contribution in [0.15, 0.2) is 48.5 Å². The van der Waals surface area contributed by atoms with Crippen LogP contribution >= 0.6 is 0 Å². The van der Waals surface area contributed by atoms with Gasteiger partial charge >= 0.3 is 0 Å². The van der Waals surface area contributed by atoms with Gasteiger partial charge in [0.25, 0.3) is 11.8 Å². The summed E-state index contributed by atoms with van der Waals surface area (Å²) in [6.07, 6.45) is 2.04. The summed E-state index contributed by atoms with van der Waals surface area (Å²) >= 11 is 0. The molecule has 0 aromatic heterocycles. The maximum absolute atomic E-state index is 12.3. The van der Waals surface area contributed by atoms with E-state index in [1.807, 2.05) is 31.2 Å². The first-order valence-corrected chi connectivity index (χ1v) is 8.25. The number of hydrogen-bond donors (Lipinski definition) is 1. The number of carbonyl (C=O) groups is 2. The fourth-order valence-corrected chi connectivity index (χ4v) is 2.32. The van der Waals surface area contributed by atoms with E-state index in [1.165, 1.54) is 0 Å². The van der Waals surface area contributed by atoms with E-state index in [4.69, 9.17) is 0 Å². The van der Waals surface area contributed by atoms with E-state index in [0.29, 0.717) is 11.1 Å². The second kappa shape index (κ2) is 8.29. The molecular weight excluding hydrogens is 300 g/mol. The zero-order valence-corrected chi connectivity index (χ0v) is 14.5. The predicted molar refractivity (Wildman–Crippen MR) is 97.4 cm³/mol. The van der Waals surface area contributed by atoms with Crippen molar-refractivity contribution in [2.24, 2.45) is 0 Å². The molecule has 0 saturated heterocycles. The molecule has 24 heavy (non-hydrogen) atoms. The van der Waals surface area contributed by atoms with Crippen LogP contribution in [0.3, 0.4) is 0 Å². The fraction of sp³-hybridized carbons (Fsp3) is 0.300. The molecule has 0 spiro atoms. The smallest absolute Gasteiger partial charge is 0.255 e. The van der Waals surface area contributed by atoms with Crippen LogP contribution in [0, 0.1) is 6.92 Å². The Morgan fingerprint density at radius 1 is 0.958 bits per heavy atom. The molecule has 0 unspecified atom stereocenters. The Morgan fingerprint density at radius 3 is 2.12 bits per heavy atom. The van der Waals surface area contributed by atoms with Gasteiger partial charge in [0.2, 0.25) is 0 Å². The molecule has 2 amide bonds. The number of carbonyl (C=O) groups excluding carboxylic acids is 2. The minimum absolute atomic E-state index is 0.0195. The zero-order chi connectivity index (χ0) is 17.5. The van der Waals surface area contributed by atoms with Gasteiger partial charge in [-0.25, -0.2) is 0 Å². The van der Waals surface area contributed by atoms with Crippen LogP contribution in [0.1, 0.15) is 46.0 Å². The Labute approximate surface area is 143 Å². The maximum Gasteiger partial charge on any atom is 0.255 e. The monoisotopic (exact) mass is 324 g/mol. The van der Waals surface area contributed by atoms with Crippen molar-refractivity contribution in [2.75, 3.05) is 18.9 Å². The third-order valence-corrected chi connectivity index (χ3v) is 3.90. The first-order valence-electron chi connectivity index (χ1n) is 8.25. The lowest BCUT2D eigenvalue weighted by Gasteiger charge is -2.16. The van der Waals surface area contributed by atoms with Gasteiger partial charge in [0.15, 0.2) is 0 Å². The van der Waals surface area contributed by atoms with Crippen LogP contribution in [-0.4, -0.2) is 30.3 Å². The normalized spacial score (nSPS) is 10.3. The van der Waals surface area contributed by atoms with Crippen molar-refractivity contribution in [3.63, 3.8) is 0 Å². The Kier molecular flexibility index (Phi) is 6.13. The van der Waals surface area contributed by atoms with Crippen LogP contribution in [0.25, 0.3) is 0 Å².